The summed E-state index contributed by atoms with van der Waals surface area (Å²) in [7, 11) is 0. The molecular formula is C10H13ClN2O2. The molecule has 0 heterocycles. The zero-order valence-corrected chi connectivity index (χ0v) is 9.08. The van der Waals surface area contributed by atoms with Crippen LogP contribution in [0, 0.1) is 6.92 Å². The summed E-state index contributed by atoms with van der Waals surface area (Å²) in [5.41, 5.74) is 6.92. The zero-order chi connectivity index (χ0) is 11.4. The van der Waals surface area contributed by atoms with Crippen LogP contribution in [0.5, 0.6) is 0 Å². The monoisotopic (exact) mass is 228 g/mol. The van der Waals surface area contributed by atoms with Gasteiger partial charge in [0.2, 0.25) is 0 Å². The predicted octanol–water partition coefficient (Wildman–Crippen LogP) is 1.47. The quantitative estimate of drug-likeness (QED) is 0.730. The first-order valence-corrected chi connectivity index (χ1v) is 4.88. The van der Waals surface area contributed by atoms with Crippen molar-refractivity contribution in [2.75, 3.05) is 11.9 Å². The van der Waals surface area contributed by atoms with Crippen molar-refractivity contribution >= 4 is 23.3 Å². The van der Waals surface area contributed by atoms with Gasteiger partial charge in [-0.3, -0.25) is 0 Å². The molecule has 0 spiro atoms. The number of hydrogen-bond acceptors (Lipinski definition) is 3. The minimum Gasteiger partial charge on any atom is -0.480 e. The maximum atomic E-state index is 10.7. The Hall–Kier alpha value is -1.26. The van der Waals surface area contributed by atoms with Crippen LogP contribution in [0.15, 0.2) is 18.2 Å². The molecule has 0 aliphatic rings. The fraction of sp³-hybridized carbons (Fsp3) is 0.300. The lowest BCUT2D eigenvalue weighted by Gasteiger charge is -2.15. The number of rotatable bonds is 4. The van der Waals surface area contributed by atoms with Crippen LogP contribution >= 0.6 is 11.6 Å². The van der Waals surface area contributed by atoms with E-state index in [0.29, 0.717) is 10.7 Å². The molecule has 0 amide bonds. The molecule has 0 saturated carbocycles. The average molecular weight is 229 g/mol. The van der Waals surface area contributed by atoms with Crippen LogP contribution in [0.25, 0.3) is 0 Å². The highest BCUT2D eigenvalue weighted by molar-refractivity contribution is 6.33. The fourth-order valence-electron chi connectivity index (χ4n) is 1.16. The van der Waals surface area contributed by atoms with Crippen LogP contribution in [0.4, 0.5) is 5.69 Å². The normalized spacial score (nSPS) is 12.2. The van der Waals surface area contributed by atoms with Gasteiger partial charge in [-0.25, -0.2) is 4.79 Å². The van der Waals surface area contributed by atoms with Crippen molar-refractivity contribution in [1.29, 1.82) is 0 Å². The molecule has 1 unspecified atom stereocenters. The van der Waals surface area contributed by atoms with E-state index in [4.69, 9.17) is 22.4 Å². The summed E-state index contributed by atoms with van der Waals surface area (Å²) < 4.78 is 0. The fourth-order valence-corrected chi connectivity index (χ4v) is 1.33. The molecule has 1 aromatic carbocycles. The summed E-state index contributed by atoms with van der Waals surface area (Å²) in [6.45, 7) is 1.92. The Bertz CT molecular complexity index is 368. The van der Waals surface area contributed by atoms with Gasteiger partial charge in [-0.05, 0) is 24.6 Å². The van der Waals surface area contributed by atoms with E-state index < -0.39 is 12.0 Å². The molecular weight excluding hydrogens is 216 g/mol. The Morgan fingerprint density at radius 3 is 2.87 bits per heavy atom. The third-order valence-electron chi connectivity index (χ3n) is 1.99. The van der Waals surface area contributed by atoms with E-state index in [1.807, 2.05) is 13.0 Å². The number of nitrogens with one attached hydrogen (secondary N) is 1. The second-order valence-corrected chi connectivity index (χ2v) is 3.66. The topological polar surface area (TPSA) is 75.3 Å². The molecule has 15 heavy (non-hydrogen) atoms. The molecule has 0 bridgehead atoms. The maximum absolute atomic E-state index is 10.7. The van der Waals surface area contributed by atoms with E-state index in [-0.39, 0.29) is 6.54 Å². The van der Waals surface area contributed by atoms with Crippen molar-refractivity contribution in [2.24, 2.45) is 5.73 Å². The number of halogens is 1. The largest absolute Gasteiger partial charge is 0.480 e. The van der Waals surface area contributed by atoms with Gasteiger partial charge in [-0.15, -0.1) is 0 Å². The summed E-state index contributed by atoms with van der Waals surface area (Å²) in [6, 6.07) is 4.54. The molecule has 0 radical (unpaired) electrons. The molecule has 0 fully saturated rings. The molecule has 4 nitrogen and oxygen atoms in total. The molecule has 1 aromatic rings. The molecule has 5 heteroatoms. The van der Waals surface area contributed by atoms with Crippen molar-refractivity contribution in [3.05, 3.63) is 28.8 Å². The lowest BCUT2D eigenvalue weighted by molar-refractivity contribution is -0.137. The zero-order valence-electron chi connectivity index (χ0n) is 8.33. The molecule has 0 saturated heterocycles. The Labute approximate surface area is 93.0 Å². The number of hydrogen-bond donors (Lipinski definition) is 3. The number of carbonyl (C=O) groups is 1. The van der Waals surface area contributed by atoms with Gasteiger partial charge in [-0.1, -0.05) is 17.7 Å². The van der Waals surface area contributed by atoms with Gasteiger partial charge < -0.3 is 16.2 Å². The van der Waals surface area contributed by atoms with E-state index in [9.17, 15) is 4.79 Å². The first kappa shape index (κ1) is 11.8. The number of nitrogens with two attached hydrogens (primary N) is 1. The molecule has 1 atom stereocenters. The lowest BCUT2D eigenvalue weighted by atomic mass is 10.2. The Morgan fingerprint density at radius 2 is 2.33 bits per heavy atom. The summed E-state index contributed by atoms with van der Waals surface area (Å²) in [5, 5.41) is 12.1. The number of carboxylic acids is 1. The van der Waals surface area contributed by atoms with Crippen molar-refractivity contribution in [3.63, 3.8) is 0 Å². The first-order chi connectivity index (χ1) is 7.04. The number of benzene rings is 1. The van der Waals surface area contributed by atoms with Gasteiger partial charge in [0, 0.05) is 6.54 Å². The predicted molar refractivity (Wildman–Crippen MR) is 60.3 cm³/mol. The van der Waals surface area contributed by atoms with Crippen molar-refractivity contribution in [2.45, 2.75) is 13.0 Å². The first-order valence-electron chi connectivity index (χ1n) is 4.50. The molecule has 1 rings (SSSR count). The van der Waals surface area contributed by atoms with Crippen molar-refractivity contribution < 1.29 is 9.90 Å². The highest BCUT2D eigenvalue weighted by Crippen LogP contribution is 2.23. The highest BCUT2D eigenvalue weighted by atomic mass is 35.5. The lowest BCUT2D eigenvalue weighted by Crippen LogP contribution is -2.36. The highest BCUT2D eigenvalue weighted by Gasteiger charge is 2.15. The second kappa shape index (κ2) is 5.00. The van der Waals surface area contributed by atoms with Gasteiger partial charge in [0.05, 0.1) is 10.7 Å². The number of carboxylic acid groups (broad SMARTS) is 1. The van der Waals surface area contributed by atoms with E-state index in [1.165, 1.54) is 0 Å². The Kier molecular flexibility index (Phi) is 3.94. The third-order valence-corrected chi connectivity index (χ3v) is 2.31. The number of aliphatic carboxylic acids is 1. The van der Waals surface area contributed by atoms with Crippen LogP contribution < -0.4 is 11.1 Å². The number of aryl methyl sites for hydroxylation is 1. The van der Waals surface area contributed by atoms with Gasteiger partial charge in [0.1, 0.15) is 6.04 Å². The van der Waals surface area contributed by atoms with E-state index in [0.717, 1.165) is 5.56 Å². The van der Waals surface area contributed by atoms with Gasteiger partial charge >= 0.3 is 5.97 Å². The van der Waals surface area contributed by atoms with Crippen molar-refractivity contribution in [1.82, 2.24) is 0 Å². The summed E-state index contributed by atoms with van der Waals surface area (Å²) >= 11 is 5.91. The van der Waals surface area contributed by atoms with Crippen molar-refractivity contribution in [3.8, 4) is 0 Å². The van der Waals surface area contributed by atoms with Gasteiger partial charge in [0.15, 0.2) is 0 Å². The van der Waals surface area contributed by atoms with Gasteiger partial charge in [0.25, 0.3) is 0 Å². The van der Waals surface area contributed by atoms with E-state index in [1.54, 1.807) is 12.1 Å². The summed E-state index contributed by atoms with van der Waals surface area (Å²) in [4.78, 5) is 10.7. The van der Waals surface area contributed by atoms with Crippen LogP contribution in [-0.4, -0.2) is 23.7 Å². The molecule has 4 N–H and O–H groups in total. The van der Waals surface area contributed by atoms with Crippen LogP contribution in [0.3, 0.4) is 0 Å². The van der Waals surface area contributed by atoms with Crippen LogP contribution in [0.1, 0.15) is 5.56 Å². The van der Waals surface area contributed by atoms with Crippen LogP contribution in [0.2, 0.25) is 5.02 Å². The molecule has 0 aromatic heterocycles. The standard InChI is InChI=1S/C10H13ClN2O2/c1-6-2-3-7(11)8(4-6)13-9(5-12)10(14)15/h2-4,9,13H,5,12H2,1H3,(H,14,15). The van der Waals surface area contributed by atoms with Gasteiger partial charge in [-0.2, -0.15) is 0 Å². The molecule has 82 valence electrons. The smallest absolute Gasteiger partial charge is 0.327 e. The average Bonchev–Trinajstić information content (AvgIpc) is 2.18. The Balaban J connectivity index is 2.87. The third kappa shape index (κ3) is 3.11. The second-order valence-electron chi connectivity index (χ2n) is 3.25. The summed E-state index contributed by atoms with van der Waals surface area (Å²) in [6.07, 6.45) is 0. The van der Waals surface area contributed by atoms with E-state index in [2.05, 4.69) is 5.32 Å². The Morgan fingerprint density at radius 1 is 1.67 bits per heavy atom. The van der Waals surface area contributed by atoms with Crippen LogP contribution in [-0.2, 0) is 4.79 Å². The SMILES string of the molecule is Cc1ccc(Cl)c(NC(CN)C(=O)O)c1. The minimum atomic E-state index is -0.991. The number of anilines is 1. The molecule has 0 aliphatic carbocycles. The molecule has 0 aliphatic heterocycles. The van der Waals surface area contributed by atoms with E-state index >= 15 is 0 Å². The maximum Gasteiger partial charge on any atom is 0.327 e. The minimum absolute atomic E-state index is 0.0135. The summed E-state index contributed by atoms with van der Waals surface area (Å²) in [5.74, 6) is -0.991.